The van der Waals surface area contributed by atoms with Gasteiger partial charge in [-0.3, -0.25) is 0 Å². The Kier molecular flexibility index (Phi) is 2.50. The summed E-state index contributed by atoms with van der Waals surface area (Å²) in [6.07, 6.45) is 1.88. The Labute approximate surface area is 81.9 Å². The van der Waals surface area contributed by atoms with Crippen molar-refractivity contribution in [3.8, 4) is 0 Å². The van der Waals surface area contributed by atoms with Crippen LogP contribution in [-0.2, 0) is 11.3 Å². The zero-order valence-electron chi connectivity index (χ0n) is 8.03. The molecule has 0 unspecified atom stereocenters. The predicted octanol–water partition coefficient (Wildman–Crippen LogP) is 2.43. The molecule has 0 saturated heterocycles. The SMILES string of the molecule is COCCn1ccc2c(F)cccc21. The number of ether oxygens (including phenoxy) is 1. The lowest BCUT2D eigenvalue weighted by molar-refractivity contribution is 0.188. The van der Waals surface area contributed by atoms with E-state index < -0.39 is 0 Å². The quantitative estimate of drug-likeness (QED) is 0.730. The van der Waals surface area contributed by atoms with Gasteiger partial charge in [-0.15, -0.1) is 0 Å². The van der Waals surface area contributed by atoms with Crippen molar-refractivity contribution in [2.45, 2.75) is 6.54 Å². The molecule has 1 aromatic carbocycles. The maximum atomic E-state index is 13.3. The van der Waals surface area contributed by atoms with Crippen molar-refractivity contribution in [3.63, 3.8) is 0 Å². The van der Waals surface area contributed by atoms with Gasteiger partial charge in [-0.05, 0) is 18.2 Å². The Morgan fingerprint density at radius 3 is 3.00 bits per heavy atom. The number of fused-ring (bicyclic) bond motifs is 1. The van der Waals surface area contributed by atoms with Crippen LogP contribution in [0.1, 0.15) is 0 Å². The number of nitrogens with zero attached hydrogens (tertiary/aromatic N) is 1. The maximum Gasteiger partial charge on any atom is 0.132 e. The van der Waals surface area contributed by atoms with Gasteiger partial charge in [0, 0.05) is 25.2 Å². The average Bonchev–Trinajstić information content (AvgIpc) is 2.60. The van der Waals surface area contributed by atoms with Gasteiger partial charge >= 0.3 is 0 Å². The number of rotatable bonds is 3. The van der Waals surface area contributed by atoms with Crippen LogP contribution >= 0.6 is 0 Å². The van der Waals surface area contributed by atoms with Crippen LogP contribution < -0.4 is 0 Å². The van der Waals surface area contributed by atoms with Crippen LogP contribution in [0, 0.1) is 5.82 Å². The van der Waals surface area contributed by atoms with Gasteiger partial charge < -0.3 is 9.30 Å². The minimum Gasteiger partial charge on any atom is -0.383 e. The molecule has 0 atom stereocenters. The van der Waals surface area contributed by atoms with Gasteiger partial charge in [0.15, 0.2) is 0 Å². The van der Waals surface area contributed by atoms with Crippen LogP contribution in [0.15, 0.2) is 30.5 Å². The number of halogens is 1. The summed E-state index contributed by atoms with van der Waals surface area (Å²) in [5.74, 6) is -0.168. The monoisotopic (exact) mass is 193 g/mol. The van der Waals surface area contributed by atoms with E-state index in [1.54, 1.807) is 19.2 Å². The van der Waals surface area contributed by atoms with Crippen molar-refractivity contribution in [1.82, 2.24) is 4.57 Å². The number of hydrogen-bond donors (Lipinski definition) is 0. The Morgan fingerprint density at radius 1 is 1.36 bits per heavy atom. The van der Waals surface area contributed by atoms with Crippen molar-refractivity contribution in [2.75, 3.05) is 13.7 Å². The van der Waals surface area contributed by atoms with E-state index in [-0.39, 0.29) is 5.82 Å². The summed E-state index contributed by atoms with van der Waals surface area (Å²) in [5, 5.41) is 0.670. The van der Waals surface area contributed by atoms with Crippen molar-refractivity contribution >= 4 is 10.9 Å². The molecule has 0 aliphatic heterocycles. The summed E-state index contributed by atoms with van der Waals surface area (Å²) in [7, 11) is 1.66. The standard InChI is InChI=1S/C11H12FNO/c1-14-8-7-13-6-5-9-10(12)3-2-4-11(9)13/h2-6H,7-8H2,1H3. The fourth-order valence-corrected chi connectivity index (χ4v) is 1.57. The number of aromatic nitrogens is 1. The average molecular weight is 193 g/mol. The topological polar surface area (TPSA) is 14.2 Å². The van der Waals surface area contributed by atoms with Gasteiger partial charge in [-0.1, -0.05) is 6.07 Å². The molecule has 0 aliphatic carbocycles. The zero-order valence-corrected chi connectivity index (χ0v) is 8.03. The molecule has 3 heteroatoms. The number of benzene rings is 1. The number of hydrogen-bond acceptors (Lipinski definition) is 1. The van der Waals surface area contributed by atoms with E-state index in [9.17, 15) is 4.39 Å². The second-order valence-electron chi connectivity index (χ2n) is 3.17. The molecule has 2 nitrogen and oxygen atoms in total. The van der Waals surface area contributed by atoms with Crippen LogP contribution in [0.5, 0.6) is 0 Å². The summed E-state index contributed by atoms with van der Waals surface area (Å²) >= 11 is 0. The van der Waals surface area contributed by atoms with E-state index in [2.05, 4.69) is 0 Å². The molecule has 0 amide bonds. The Balaban J connectivity index is 2.42. The molecule has 0 N–H and O–H groups in total. The normalized spacial score (nSPS) is 11.0. The molecular formula is C11H12FNO. The van der Waals surface area contributed by atoms with E-state index in [4.69, 9.17) is 4.74 Å². The molecule has 0 bridgehead atoms. The molecule has 1 heterocycles. The largest absolute Gasteiger partial charge is 0.383 e. The summed E-state index contributed by atoms with van der Waals surface area (Å²) in [5.41, 5.74) is 0.919. The summed E-state index contributed by atoms with van der Waals surface area (Å²) in [6.45, 7) is 1.39. The van der Waals surface area contributed by atoms with Crippen LogP contribution in [0.4, 0.5) is 4.39 Å². The lowest BCUT2D eigenvalue weighted by Gasteiger charge is -2.03. The van der Waals surface area contributed by atoms with Crippen LogP contribution in [-0.4, -0.2) is 18.3 Å². The minimum atomic E-state index is -0.168. The van der Waals surface area contributed by atoms with Crippen LogP contribution in [0.3, 0.4) is 0 Å². The molecule has 2 rings (SSSR count). The van der Waals surface area contributed by atoms with E-state index in [1.165, 1.54) is 6.07 Å². The van der Waals surface area contributed by atoms with Crippen LogP contribution in [0.2, 0.25) is 0 Å². The molecule has 14 heavy (non-hydrogen) atoms. The van der Waals surface area contributed by atoms with Gasteiger partial charge in [-0.2, -0.15) is 0 Å². The van der Waals surface area contributed by atoms with Gasteiger partial charge in [0.2, 0.25) is 0 Å². The fourth-order valence-electron chi connectivity index (χ4n) is 1.57. The van der Waals surface area contributed by atoms with E-state index >= 15 is 0 Å². The zero-order chi connectivity index (χ0) is 9.97. The second-order valence-corrected chi connectivity index (χ2v) is 3.17. The highest BCUT2D eigenvalue weighted by atomic mass is 19.1. The lowest BCUT2D eigenvalue weighted by atomic mass is 10.2. The third-order valence-electron chi connectivity index (χ3n) is 2.30. The highest BCUT2D eigenvalue weighted by Gasteiger charge is 2.03. The third-order valence-corrected chi connectivity index (χ3v) is 2.30. The highest BCUT2D eigenvalue weighted by Crippen LogP contribution is 2.18. The van der Waals surface area contributed by atoms with Gasteiger partial charge in [-0.25, -0.2) is 4.39 Å². The van der Waals surface area contributed by atoms with Gasteiger partial charge in [0.05, 0.1) is 12.1 Å². The molecule has 0 radical (unpaired) electrons. The number of methoxy groups -OCH3 is 1. The lowest BCUT2D eigenvalue weighted by Crippen LogP contribution is -2.02. The van der Waals surface area contributed by atoms with Crippen LogP contribution in [0.25, 0.3) is 10.9 Å². The van der Waals surface area contributed by atoms with Crippen molar-refractivity contribution in [1.29, 1.82) is 0 Å². The van der Waals surface area contributed by atoms with Gasteiger partial charge in [0.25, 0.3) is 0 Å². The molecule has 0 spiro atoms. The first-order valence-corrected chi connectivity index (χ1v) is 4.55. The summed E-state index contributed by atoms with van der Waals surface area (Å²) in [6, 6.07) is 6.90. The highest BCUT2D eigenvalue weighted by molar-refractivity contribution is 5.80. The second kappa shape index (κ2) is 3.80. The molecule has 1 aromatic heterocycles. The van der Waals surface area contributed by atoms with E-state index in [1.807, 2.05) is 16.8 Å². The molecule has 74 valence electrons. The Morgan fingerprint density at radius 2 is 2.21 bits per heavy atom. The first-order chi connectivity index (χ1) is 6.83. The molecular weight excluding hydrogens is 181 g/mol. The Bertz CT molecular complexity index is 436. The minimum absolute atomic E-state index is 0.168. The van der Waals surface area contributed by atoms with E-state index in [0.717, 1.165) is 12.1 Å². The van der Waals surface area contributed by atoms with Crippen molar-refractivity contribution in [3.05, 3.63) is 36.3 Å². The third kappa shape index (κ3) is 1.51. The predicted molar refractivity (Wildman–Crippen MR) is 53.8 cm³/mol. The Hall–Kier alpha value is -1.35. The van der Waals surface area contributed by atoms with Crippen molar-refractivity contribution in [2.24, 2.45) is 0 Å². The summed E-state index contributed by atoms with van der Waals surface area (Å²) < 4.78 is 20.2. The molecule has 0 fully saturated rings. The molecule has 2 aromatic rings. The first-order valence-electron chi connectivity index (χ1n) is 4.55. The molecule has 0 saturated carbocycles. The first kappa shape index (κ1) is 9.21. The van der Waals surface area contributed by atoms with Crippen molar-refractivity contribution < 1.29 is 9.13 Å². The molecule has 0 aliphatic rings. The van der Waals surface area contributed by atoms with Gasteiger partial charge in [0.1, 0.15) is 5.82 Å². The smallest absolute Gasteiger partial charge is 0.132 e. The fraction of sp³-hybridized carbons (Fsp3) is 0.273. The van der Waals surface area contributed by atoms with E-state index in [0.29, 0.717) is 12.0 Å². The maximum absolute atomic E-state index is 13.3. The summed E-state index contributed by atoms with van der Waals surface area (Å²) in [4.78, 5) is 0.